The first kappa shape index (κ1) is 14.5. The van der Waals surface area contributed by atoms with Crippen LogP contribution in [0.25, 0.3) is 0 Å². The average molecular weight is 292 g/mol. The van der Waals surface area contributed by atoms with Crippen LogP contribution < -0.4 is 14.2 Å². The third kappa shape index (κ3) is 2.46. The third-order valence-electron chi connectivity index (χ3n) is 5.25. The van der Waals surface area contributed by atoms with E-state index >= 15 is 0 Å². The fourth-order valence-electron chi connectivity index (χ4n) is 4.22. The number of fused-ring (bicyclic) bond motifs is 2. The molecule has 1 N–H and O–H groups in total. The van der Waals surface area contributed by atoms with E-state index in [0.717, 1.165) is 17.9 Å². The van der Waals surface area contributed by atoms with E-state index in [4.69, 9.17) is 14.2 Å². The van der Waals surface area contributed by atoms with Crippen LogP contribution in [0.15, 0.2) is 12.1 Å². The predicted molar refractivity (Wildman–Crippen MR) is 80.0 cm³/mol. The van der Waals surface area contributed by atoms with Gasteiger partial charge in [0.1, 0.15) is 17.2 Å². The van der Waals surface area contributed by atoms with Crippen LogP contribution in [0.4, 0.5) is 0 Å². The summed E-state index contributed by atoms with van der Waals surface area (Å²) in [7, 11) is 4.84. The normalized spacial score (nSPS) is 28.5. The van der Waals surface area contributed by atoms with Gasteiger partial charge in [-0.1, -0.05) is 6.42 Å². The molecule has 2 aliphatic carbocycles. The standard InChI is InChI=1S/C17H24O4/c1-19-12-8-14(20-2)16(15(9-12)21-3)17(18)13-7-10-4-5-11(13)6-10/h8-11,13,17-18H,4-7H2,1-3H3. The van der Waals surface area contributed by atoms with Gasteiger partial charge in [-0.2, -0.15) is 0 Å². The number of ether oxygens (including phenoxy) is 3. The Kier molecular flexibility index (Phi) is 3.98. The van der Waals surface area contributed by atoms with Crippen LogP contribution in [0, 0.1) is 17.8 Å². The molecule has 0 aliphatic heterocycles. The highest BCUT2D eigenvalue weighted by molar-refractivity contribution is 5.52. The van der Waals surface area contributed by atoms with Crippen molar-refractivity contribution in [1.29, 1.82) is 0 Å². The van der Waals surface area contributed by atoms with Crippen molar-refractivity contribution in [3.63, 3.8) is 0 Å². The van der Waals surface area contributed by atoms with Crippen LogP contribution in [0.5, 0.6) is 17.2 Å². The molecule has 4 atom stereocenters. The molecule has 0 aromatic heterocycles. The first-order valence-electron chi connectivity index (χ1n) is 7.65. The van der Waals surface area contributed by atoms with Gasteiger partial charge in [0.05, 0.1) is 33.0 Å². The van der Waals surface area contributed by atoms with E-state index in [-0.39, 0.29) is 0 Å². The van der Waals surface area contributed by atoms with Gasteiger partial charge < -0.3 is 19.3 Å². The van der Waals surface area contributed by atoms with Crippen molar-refractivity contribution in [2.45, 2.75) is 31.8 Å². The Bertz CT molecular complexity index is 489. The highest BCUT2D eigenvalue weighted by Gasteiger charge is 2.44. The van der Waals surface area contributed by atoms with Crippen LogP contribution >= 0.6 is 0 Å². The SMILES string of the molecule is COc1cc(OC)c(C(O)C2CC3CCC2C3)c(OC)c1. The van der Waals surface area contributed by atoms with Crippen molar-refractivity contribution >= 4 is 0 Å². The van der Waals surface area contributed by atoms with Crippen LogP contribution in [0.1, 0.15) is 37.4 Å². The van der Waals surface area contributed by atoms with Crippen molar-refractivity contribution in [2.75, 3.05) is 21.3 Å². The van der Waals surface area contributed by atoms with E-state index in [1.807, 2.05) is 12.1 Å². The molecular weight excluding hydrogens is 268 g/mol. The minimum atomic E-state index is -0.531. The fraction of sp³-hybridized carbons (Fsp3) is 0.647. The molecule has 1 aromatic rings. The van der Waals surface area contributed by atoms with Crippen LogP contribution in [0.3, 0.4) is 0 Å². The number of aliphatic hydroxyl groups excluding tert-OH is 1. The smallest absolute Gasteiger partial charge is 0.132 e. The highest BCUT2D eigenvalue weighted by Crippen LogP contribution is 2.54. The van der Waals surface area contributed by atoms with Gasteiger partial charge in [0.25, 0.3) is 0 Å². The van der Waals surface area contributed by atoms with E-state index in [1.54, 1.807) is 21.3 Å². The average Bonchev–Trinajstić information content (AvgIpc) is 3.15. The Morgan fingerprint density at radius 1 is 1.00 bits per heavy atom. The monoisotopic (exact) mass is 292 g/mol. The maximum Gasteiger partial charge on any atom is 0.132 e. The highest BCUT2D eigenvalue weighted by atomic mass is 16.5. The zero-order valence-corrected chi connectivity index (χ0v) is 13.0. The molecule has 0 saturated heterocycles. The van der Waals surface area contributed by atoms with Gasteiger partial charge in [0.2, 0.25) is 0 Å². The summed E-state index contributed by atoms with van der Waals surface area (Å²) in [5, 5.41) is 10.9. The molecule has 3 rings (SSSR count). The predicted octanol–water partition coefficient (Wildman–Crippen LogP) is 3.18. The molecule has 4 heteroatoms. The van der Waals surface area contributed by atoms with Crippen LogP contribution in [-0.4, -0.2) is 26.4 Å². The van der Waals surface area contributed by atoms with Gasteiger partial charge in [-0.25, -0.2) is 0 Å². The van der Waals surface area contributed by atoms with Gasteiger partial charge >= 0.3 is 0 Å². The quantitative estimate of drug-likeness (QED) is 0.905. The summed E-state index contributed by atoms with van der Waals surface area (Å²) in [5.74, 6) is 3.71. The molecule has 1 aromatic carbocycles. The first-order chi connectivity index (χ1) is 10.2. The summed E-state index contributed by atoms with van der Waals surface area (Å²) < 4.78 is 16.2. The molecule has 0 amide bonds. The van der Waals surface area contributed by atoms with Gasteiger partial charge in [0, 0.05) is 12.1 Å². The molecule has 4 nitrogen and oxygen atoms in total. The van der Waals surface area contributed by atoms with Gasteiger partial charge in [-0.05, 0) is 37.0 Å². The first-order valence-corrected chi connectivity index (χ1v) is 7.65. The lowest BCUT2D eigenvalue weighted by molar-refractivity contribution is 0.0699. The number of benzene rings is 1. The Hall–Kier alpha value is -1.42. The van der Waals surface area contributed by atoms with Crippen molar-refractivity contribution in [1.82, 2.24) is 0 Å². The molecule has 116 valence electrons. The molecular formula is C17H24O4. The molecule has 2 saturated carbocycles. The lowest BCUT2D eigenvalue weighted by Crippen LogP contribution is -2.20. The van der Waals surface area contributed by atoms with E-state index in [0.29, 0.717) is 29.1 Å². The lowest BCUT2D eigenvalue weighted by atomic mass is 9.81. The van der Waals surface area contributed by atoms with Crippen molar-refractivity contribution in [3.05, 3.63) is 17.7 Å². The molecule has 2 aliphatic rings. The van der Waals surface area contributed by atoms with Crippen LogP contribution in [-0.2, 0) is 0 Å². The van der Waals surface area contributed by atoms with Crippen LogP contribution in [0.2, 0.25) is 0 Å². The summed E-state index contributed by atoms with van der Waals surface area (Å²) in [6.07, 6.45) is 4.42. The molecule has 21 heavy (non-hydrogen) atoms. The zero-order valence-electron chi connectivity index (χ0n) is 13.0. The maximum atomic E-state index is 10.9. The number of aliphatic hydroxyl groups is 1. The summed E-state index contributed by atoms with van der Waals surface area (Å²) >= 11 is 0. The van der Waals surface area contributed by atoms with Gasteiger partial charge in [0.15, 0.2) is 0 Å². The fourth-order valence-corrected chi connectivity index (χ4v) is 4.22. The van der Waals surface area contributed by atoms with Gasteiger partial charge in [-0.15, -0.1) is 0 Å². The number of hydrogen-bond donors (Lipinski definition) is 1. The topological polar surface area (TPSA) is 47.9 Å². The Balaban J connectivity index is 1.96. The second kappa shape index (κ2) is 5.76. The summed E-state index contributed by atoms with van der Waals surface area (Å²) in [4.78, 5) is 0. The van der Waals surface area contributed by atoms with E-state index in [9.17, 15) is 5.11 Å². The second-order valence-corrected chi connectivity index (χ2v) is 6.23. The minimum absolute atomic E-state index is 0.319. The van der Waals surface area contributed by atoms with Crippen molar-refractivity contribution < 1.29 is 19.3 Å². The van der Waals surface area contributed by atoms with Crippen molar-refractivity contribution in [2.24, 2.45) is 17.8 Å². The number of methoxy groups -OCH3 is 3. The summed E-state index contributed by atoms with van der Waals surface area (Å²) in [6.45, 7) is 0. The van der Waals surface area contributed by atoms with E-state index in [1.165, 1.54) is 19.3 Å². The summed E-state index contributed by atoms with van der Waals surface area (Å²) in [5.41, 5.74) is 0.762. The van der Waals surface area contributed by atoms with Gasteiger partial charge in [-0.3, -0.25) is 0 Å². The maximum absolute atomic E-state index is 10.9. The molecule has 2 fully saturated rings. The Morgan fingerprint density at radius 2 is 1.67 bits per heavy atom. The van der Waals surface area contributed by atoms with E-state index in [2.05, 4.69) is 0 Å². The largest absolute Gasteiger partial charge is 0.496 e. The third-order valence-corrected chi connectivity index (χ3v) is 5.25. The van der Waals surface area contributed by atoms with E-state index < -0.39 is 6.10 Å². The Morgan fingerprint density at radius 3 is 2.10 bits per heavy atom. The minimum Gasteiger partial charge on any atom is -0.496 e. The number of rotatable bonds is 5. The molecule has 0 heterocycles. The summed E-state index contributed by atoms with van der Waals surface area (Å²) in [6, 6.07) is 3.63. The second-order valence-electron chi connectivity index (χ2n) is 6.23. The molecule has 0 radical (unpaired) electrons. The lowest BCUT2D eigenvalue weighted by Gasteiger charge is -2.29. The van der Waals surface area contributed by atoms with Crippen molar-refractivity contribution in [3.8, 4) is 17.2 Å². The zero-order chi connectivity index (χ0) is 15.0. The Labute approximate surface area is 126 Å². The molecule has 2 bridgehead atoms. The molecule has 4 unspecified atom stereocenters. The molecule has 0 spiro atoms. The number of hydrogen-bond acceptors (Lipinski definition) is 4.